The van der Waals surface area contributed by atoms with Crippen LogP contribution in [0.4, 0.5) is 0 Å². The van der Waals surface area contributed by atoms with E-state index in [4.69, 9.17) is 5.84 Å². The van der Waals surface area contributed by atoms with Gasteiger partial charge in [-0.15, -0.1) is 0 Å². The molecule has 3 unspecified atom stereocenters. The van der Waals surface area contributed by atoms with Crippen LogP contribution in [-0.2, 0) is 0 Å². The highest BCUT2D eigenvalue weighted by Gasteiger charge is 2.57. The van der Waals surface area contributed by atoms with E-state index in [1.165, 1.54) is 37.2 Å². The summed E-state index contributed by atoms with van der Waals surface area (Å²) in [5, 5.41) is 3.95. The normalized spacial score (nSPS) is 40.1. The van der Waals surface area contributed by atoms with Crippen LogP contribution in [0.25, 0.3) is 0 Å². The van der Waals surface area contributed by atoms with Gasteiger partial charge in [-0.1, -0.05) is 12.2 Å². The molecule has 0 bridgehead atoms. The molecule has 2 aliphatic carbocycles. The Bertz CT molecular complexity index is 421. The molecular weight excluding hydrogens is 254 g/mol. The van der Waals surface area contributed by atoms with Crippen molar-refractivity contribution in [3.63, 3.8) is 0 Å². The number of fused-ring (bicyclic) bond motifs is 2. The minimum Gasteiger partial charge on any atom is -0.324 e. The zero-order valence-corrected chi connectivity index (χ0v) is 12.1. The third kappa shape index (κ3) is 1.88. The molecule has 1 spiro atoms. The van der Waals surface area contributed by atoms with Crippen LogP contribution in [0, 0.1) is 17.3 Å². The maximum absolute atomic E-state index is 5.62. The lowest BCUT2D eigenvalue weighted by molar-refractivity contribution is 0.165. The molecule has 3 atom stereocenters. The summed E-state index contributed by atoms with van der Waals surface area (Å²) < 4.78 is 0. The second-order valence-corrected chi connectivity index (χ2v) is 7.73. The van der Waals surface area contributed by atoms with Crippen LogP contribution < -0.4 is 16.6 Å². The molecule has 3 nitrogen and oxygen atoms in total. The van der Waals surface area contributed by atoms with Crippen LogP contribution in [0.15, 0.2) is 23.9 Å². The van der Waals surface area contributed by atoms with Gasteiger partial charge in [0, 0.05) is 23.7 Å². The number of hydrogen-bond donors (Lipinski definition) is 3. The van der Waals surface area contributed by atoms with E-state index in [1.54, 1.807) is 0 Å². The molecule has 2 saturated heterocycles. The van der Waals surface area contributed by atoms with Crippen molar-refractivity contribution >= 4 is 11.8 Å². The standard InChI is InChI=1S/C15H23N3S/c16-18-11-3-4-13-12(9-11)15(5-7-19-8-6-15)14(17-13)10-1-2-10/h3-4,9-10,12-14,17-18H,1-2,5-8,16H2. The highest BCUT2D eigenvalue weighted by Crippen LogP contribution is 2.56. The maximum atomic E-state index is 5.62. The van der Waals surface area contributed by atoms with Gasteiger partial charge in [-0.05, 0) is 54.6 Å². The van der Waals surface area contributed by atoms with Crippen LogP contribution >= 0.6 is 11.8 Å². The summed E-state index contributed by atoms with van der Waals surface area (Å²) in [4.78, 5) is 0. The number of thioether (sulfide) groups is 1. The Kier molecular flexibility index (Phi) is 2.94. The number of nitrogens with one attached hydrogen (secondary N) is 2. The molecule has 4 aliphatic rings. The summed E-state index contributed by atoms with van der Waals surface area (Å²) in [7, 11) is 0. The Hall–Kier alpha value is -0.450. The van der Waals surface area contributed by atoms with Gasteiger partial charge in [0.1, 0.15) is 0 Å². The number of hydrogen-bond acceptors (Lipinski definition) is 4. The van der Waals surface area contributed by atoms with Gasteiger partial charge in [-0.25, -0.2) is 0 Å². The third-order valence-electron chi connectivity index (χ3n) is 5.57. The van der Waals surface area contributed by atoms with Gasteiger partial charge >= 0.3 is 0 Å². The van der Waals surface area contributed by atoms with E-state index in [0.29, 0.717) is 17.4 Å². The van der Waals surface area contributed by atoms with Crippen LogP contribution in [0.5, 0.6) is 0 Å². The highest BCUT2D eigenvalue weighted by atomic mass is 32.2. The Morgan fingerprint density at radius 3 is 2.79 bits per heavy atom. The monoisotopic (exact) mass is 277 g/mol. The maximum Gasteiger partial charge on any atom is 0.0446 e. The fourth-order valence-corrected chi connectivity index (χ4v) is 5.72. The molecular formula is C15H23N3S. The average Bonchev–Trinajstić information content (AvgIpc) is 3.26. The number of hydrazine groups is 1. The van der Waals surface area contributed by atoms with E-state index in [1.807, 2.05) is 0 Å². The van der Waals surface area contributed by atoms with Gasteiger partial charge in [0.25, 0.3) is 0 Å². The van der Waals surface area contributed by atoms with Crippen LogP contribution in [0.3, 0.4) is 0 Å². The van der Waals surface area contributed by atoms with Crippen LogP contribution in [0.2, 0.25) is 0 Å². The molecule has 104 valence electrons. The van der Waals surface area contributed by atoms with Crippen molar-refractivity contribution in [3.05, 3.63) is 23.9 Å². The minimum absolute atomic E-state index is 0.490. The fraction of sp³-hybridized carbons (Fsp3) is 0.733. The summed E-state index contributed by atoms with van der Waals surface area (Å²) in [5.74, 6) is 9.85. The molecule has 0 radical (unpaired) electrons. The van der Waals surface area contributed by atoms with Gasteiger partial charge in [-0.2, -0.15) is 11.8 Å². The minimum atomic E-state index is 0.490. The molecule has 1 saturated carbocycles. The molecule has 3 fully saturated rings. The first-order valence-electron chi connectivity index (χ1n) is 7.54. The zero-order valence-electron chi connectivity index (χ0n) is 11.3. The second-order valence-electron chi connectivity index (χ2n) is 6.50. The van der Waals surface area contributed by atoms with Crippen LogP contribution in [0.1, 0.15) is 25.7 Å². The number of allylic oxidation sites excluding steroid dienone is 1. The van der Waals surface area contributed by atoms with E-state index in [-0.39, 0.29) is 0 Å². The van der Waals surface area contributed by atoms with E-state index in [9.17, 15) is 0 Å². The Balaban J connectivity index is 1.70. The van der Waals surface area contributed by atoms with Gasteiger partial charge in [0.15, 0.2) is 0 Å². The Morgan fingerprint density at radius 1 is 1.32 bits per heavy atom. The van der Waals surface area contributed by atoms with Crippen molar-refractivity contribution in [2.75, 3.05) is 11.5 Å². The SMILES string of the molecule is NNC1=CC2C(C=C1)NC(C1CC1)C21CCSCC1. The van der Waals surface area contributed by atoms with Crippen molar-refractivity contribution in [3.8, 4) is 0 Å². The summed E-state index contributed by atoms with van der Waals surface area (Å²) in [6, 6.07) is 1.27. The first-order chi connectivity index (χ1) is 9.33. The number of rotatable bonds is 2. The van der Waals surface area contributed by atoms with E-state index in [2.05, 4.69) is 40.7 Å². The first-order valence-corrected chi connectivity index (χ1v) is 8.69. The smallest absolute Gasteiger partial charge is 0.0446 e. The molecule has 2 aliphatic heterocycles. The summed E-state index contributed by atoms with van der Waals surface area (Å²) in [5.41, 5.74) is 4.42. The lowest BCUT2D eigenvalue weighted by Crippen LogP contribution is -2.43. The molecule has 4 rings (SSSR count). The van der Waals surface area contributed by atoms with Crippen molar-refractivity contribution < 1.29 is 0 Å². The van der Waals surface area contributed by atoms with Crippen molar-refractivity contribution in [1.82, 2.24) is 10.7 Å². The van der Waals surface area contributed by atoms with E-state index in [0.717, 1.165) is 17.7 Å². The van der Waals surface area contributed by atoms with Gasteiger partial charge in [0.2, 0.25) is 0 Å². The van der Waals surface area contributed by atoms with Crippen molar-refractivity contribution in [1.29, 1.82) is 0 Å². The van der Waals surface area contributed by atoms with Gasteiger partial charge in [-0.3, -0.25) is 5.84 Å². The average molecular weight is 277 g/mol. The first kappa shape index (κ1) is 12.3. The molecule has 4 N–H and O–H groups in total. The summed E-state index contributed by atoms with van der Waals surface area (Å²) in [6.45, 7) is 0. The summed E-state index contributed by atoms with van der Waals surface area (Å²) in [6.07, 6.45) is 12.5. The van der Waals surface area contributed by atoms with Crippen molar-refractivity contribution in [2.24, 2.45) is 23.1 Å². The number of nitrogens with two attached hydrogens (primary N) is 1. The quantitative estimate of drug-likeness (QED) is 0.532. The Labute approximate surface area is 119 Å². The molecule has 19 heavy (non-hydrogen) atoms. The zero-order chi connectivity index (χ0) is 12.9. The largest absolute Gasteiger partial charge is 0.324 e. The molecule has 0 amide bonds. The Morgan fingerprint density at radius 2 is 2.11 bits per heavy atom. The van der Waals surface area contributed by atoms with Gasteiger partial charge in [0.05, 0.1) is 0 Å². The third-order valence-corrected chi connectivity index (χ3v) is 6.55. The fourth-order valence-electron chi connectivity index (χ4n) is 4.47. The predicted octanol–water partition coefficient (Wildman–Crippen LogP) is 1.78. The lowest BCUT2D eigenvalue weighted by atomic mass is 9.65. The van der Waals surface area contributed by atoms with E-state index >= 15 is 0 Å². The molecule has 4 heteroatoms. The predicted molar refractivity (Wildman–Crippen MR) is 80.5 cm³/mol. The van der Waals surface area contributed by atoms with Crippen molar-refractivity contribution in [2.45, 2.75) is 37.8 Å². The topological polar surface area (TPSA) is 50.1 Å². The second kappa shape index (κ2) is 4.54. The van der Waals surface area contributed by atoms with Gasteiger partial charge < -0.3 is 10.7 Å². The van der Waals surface area contributed by atoms with E-state index < -0.39 is 0 Å². The molecule has 0 aromatic rings. The molecule has 0 aromatic carbocycles. The molecule has 0 aromatic heterocycles. The summed E-state index contributed by atoms with van der Waals surface area (Å²) >= 11 is 2.13. The van der Waals surface area contributed by atoms with Crippen LogP contribution in [-0.4, -0.2) is 23.6 Å². The highest BCUT2D eigenvalue weighted by molar-refractivity contribution is 7.99. The lowest BCUT2D eigenvalue weighted by Gasteiger charge is -2.43. The molecule has 2 heterocycles.